The molecule has 1 aliphatic carbocycles. The van der Waals surface area contributed by atoms with Gasteiger partial charge in [-0.3, -0.25) is 0 Å². The first-order valence-corrected chi connectivity index (χ1v) is 15.1. The smallest absolute Gasteiger partial charge is 0.332 e. The number of fused-ring (bicyclic) bond motifs is 2. The number of aliphatic carboxylic acids is 1. The van der Waals surface area contributed by atoms with Gasteiger partial charge in [-0.25, -0.2) is 14.2 Å². The van der Waals surface area contributed by atoms with Crippen molar-refractivity contribution in [3.63, 3.8) is 0 Å². The van der Waals surface area contributed by atoms with E-state index in [4.69, 9.17) is 4.74 Å². The van der Waals surface area contributed by atoms with Gasteiger partial charge in [0, 0.05) is 13.0 Å². The average Bonchev–Trinajstić information content (AvgIpc) is 3.34. The molecule has 0 radical (unpaired) electrons. The topological polar surface area (TPSA) is 78.5 Å². The van der Waals surface area contributed by atoms with Crippen LogP contribution in [0.1, 0.15) is 81.7 Å². The molecule has 0 saturated heterocycles. The fourth-order valence-corrected chi connectivity index (χ4v) is 6.28. The van der Waals surface area contributed by atoms with Gasteiger partial charge in [0.2, 0.25) is 0 Å². The number of ether oxygens (including phenoxy) is 1. The van der Waals surface area contributed by atoms with Crippen molar-refractivity contribution in [3.8, 4) is 0 Å². The monoisotopic (exact) mass is 623 g/mol. The quantitative estimate of drug-likeness (QED) is 0.159. The van der Waals surface area contributed by atoms with Gasteiger partial charge in [-0.15, -0.1) is 24.8 Å². The zero-order chi connectivity index (χ0) is 28.5. The number of carbonyl (C=O) groups is 1. The normalized spacial score (nSPS) is 17.1. The fraction of sp³-hybridized carbons (Fsp3) is 0.576. The van der Waals surface area contributed by atoms with Gasteiger partial charge in [-0.1, -0.05) is 51.3 Å². The van der Waals surface area contributed by atoms with E-state index in [-0.39, 0.29) is 42.5 Å². The molecule has 3 atom stereocenters. The standard InChI is InChI=1S/C33H46FN3O3.2ClH/c1-23(2)32-25(15-14-24-21-26(34)16-17-27(24)32)22-40-30(33(38)39)18-20-37(3)19-10-6-4-5-7-13-31-35-28-11-8-9-12-29(28)36-31;;/h8-9,11-12,16-17,21,23,25,30,32H,4-7,10,13-15,18-20,22H2,1-3H3,(H,35,36)(H,38,39);2*1H/t25?,30-,32-;;/m0../s1. The molecule has 0 bridgehead atoms. The first-order chi connectivity index (χ1) is 19.3. The molecule has 0 spiro atoms. The second-order valence-corrected chi connectivity index (χ2v) is 11.9. The number of aromatic amines is 1. The molecular formula is C33H48Cl2FN3O3. The van der Waals surface area contributed by atoms with Crippen molar-refractivity contribution in [3.05, 3.63) is 65.2 Å². The number of hydrogen-bond donors (Lipinski definition) is 2. The van der Waals surface area contributed by atoms with E-state index < -0.39 is 12.1 Å². The molecule has 2 N–H and O–H groups in total. The van der Waals surface area contributed by atoms with Gasteiger partial charge < -0.3 is 19.7 Å². The van der Waals surface area contributed by atoms with Crippen LogP contribution in [0, 0.1) is 17.7 Å². The average molecular weight is 625 g/mol. The molecule has 1 aliphatic rings. The summed E-state index contributed by atoms with van der Waals surface area (Å²) in [6, 6.07) is 13.2. The van der Waals surface area contributed by atoms with E-state index >= 15 is 0 Å². The Morgan fingerprint density at radius 1 is 1.10 bits per heavy atom. The third kappa shape index (κ3) is 10.2. The molecule has 2 aromatic carbocycles. The zero-order valence-electron chi connectivity index (χ0n) is 25.2. The number of hydrogen-bond acceptors (Lipinski definition) is 4. The van der Waals surface area contributed by atoms with Gasteiger partial charge in [0.05, 0.1) is 17.6 Å². The molecule has 1 aromatic heterocycles. The molecule has 0 fully saturated rings. The highest BCUT2D eigenvalue weighted by Crippen LogP contribution is 2.41. The predicted molar refractivity (Wildman–Crippen MR) is 173 cm³/mol. The van der Waals surface area contributed by atoms with E-state index in [1.54, 1.807) is 6.07 Å². The largest absolute Gasteiger partial charge is 0.479 e. The SMILES string of the molecule is CC(C)[C@@H]1c2ccc(F)cc2CCC1CO[C@@H](CCN(C)CCCCCCCc1nc2ccccc2[nH]1)C(=O)O.Cl.Cl. The lowest BCUT2D eigenvalue weighted by Crippen LogP contribution is -2.34. The van der Waals surface area contributed by atoms with E-state index in [1.165, 1.54) is 30.9 Å². The summed E-state index contributed by atoms with van der Waals surface area (Å²) in [5.41, 5.74) is 4.41. The van der Waals surface area contributed by atoms with Gasteiger partial charge in [0.25, 0.3) is 0 Å². The summed E-state index contributed by atoms with van der Waals surface area (Å²) < 4.78 is 19.8. The van der Waals surface area contributed by atoms with Crippen LogP contribution in [0.4, 0.5) is 4.39 Å². The number of nitrogens with one attached hydrogen (secondary N) is 1. The van der Waals surface area contributed by atoms with Gasteiger partial charge in [0.1, 0.15) is 11.6 Å². The Bertz CT molecular complexity index is 1210. The molecule has 9 heteroatoms. The van der Waals surface area contributed by atoms with Gasteiger partial charge in [-0.05, 0) is 98.8 Å². The number of halogens is 3. The number of aromatic nitrogens is 2. The molecule has 0 saturated carbocycles. The number of unbranched alkanes of at least 4 members (excludes halogenated alkanes) is 4. The maximum Gasteiger partial charge on any atom is 0.332 e. The number of aryl methyl sites for hydroxylation is 2. The van der Waals surface area contributed by atoms with Gasteiger partial charge in [0.15, 0.2) is 6.10 Å². The summed E-state index contributed by atoms with van der Waals surface area (Å²) >= 11 is 0. The van der Waals surface area contributed by atoms with Crippen LogP contribution in [0.3, 0.4) is 0 Å². The predicted octanol–water partition coefficient (Wildman–Crippen LogP) is 7.83. The van der Waals surface area contributed by atoms with Crippen molar-refractivity contribution in [1.29, 1.82) is 0 Å². The van der Waals surface area contributed by atoms with Crippen molar-refractivity contribution in [1.82, 2.24) is 14.9 Å². The summed E-state index contributed by atoms with van der Waals surface area (Å²) in [4.78, 5) is 22.2. The van der Waals surface area contributed by atoms with Crippen LogP contribution in [0.5, 0.6) is 0 Å². The number of rotatable bonds is 16. The van der Waals surface area contributed by atoms with Crippen LogP contribution in [-0.4, -0.2) is 58.8 Å². The number of para-hydroxylation sites is 2. The molecule has 3 aromatic rings. The summed E-state index contributed by atoms with van der Waals surface area (Å²) in [6.07, 6.45) is 8.16. The van der Waals surface area contributed by atoms with Crippen molar-refractivity contribution in [2.24, 2.45) is 11.8 Å². The molecule has 4 rings (SSSR count). The van der Waals surface area contributed by atoms with E-state index in [0.717, 1.165) is 61.1 Å². The number of benzene rings is 2. The van der Waals surface area contributed by atoms with Crippen LogP contribution in [0.15, 0.2) is 42.5 Å². The Labute approximate surface area is 262 Å². The third-order valence-electron chi connectivity index (χ3n) is 8.43. The van der Waals surface area contributed by atoms with Crippen molar-refractivity contribution < 1.29 is 19.0 Å². The van der Waals surface area contributed by atoms with Crippen LogP contribution in [-0.2, 0) is 22.4 Å². The van der Waals surface area contributed by atoms with Gasteiger partial charge >= 0.3 is 5.97 Å². The van der Waals surface area contributed by atoms with Gasteiger partial charge in [-0.2, -0.15) is 0 Å². The number of carboxylic acid groups (broad SMARTS) is 1. The Hall–Kier alpha value is -2.19. The number of H-pyrrole nitrogens is 1. The molecule has 1 heterocycles. The maximum atomic E-state index is 13.8. The summed E-state index contributed by atoms with van der Waals surface area (Å²) in [5.74, 6) is 0.851. The highest BCUT2D eigenvalue weighted by molar-refractivity contribution is 5.85. The van der Waals surface area contributed by atoms with Crippen molar-refractivity contribution in [2.45, 2.75) is 83.7 Å². The van der Waals surface area contributed by atoms with E-state index in [0.29, 0.717) is 25.5 Å². The van der Waals surface area contributed by atoms with Crippen LogP contribution in [0.2, 0.25) is 0 Å². The minimum absolute atomic E-state index is 0. The lowest BCUT2D eigenvalue weighted by molar-refractivity contribution is -0.152. The number of carboxylic acids is 1. The molecule has 234 valence electrons. The summed E-state index contributed by atoms with van der Waals surface area (Å²) in [5, 5.41) is 9.81. The molecule has 1 unspecified atom stereocenters. The van der Waals surface area contributed by atoms with Crippen LogP contribution >= 0.6 is 24.8 Å². The summed E-state index contributed by atoms with van der Waals surface area (Å²) in [7, 11) is 2.06. The Kier molecular flexibility index (Phi) is 15.3. The lowest BCUT2D eigenvalue weighted by atomic mass is 9.70. The highest BCUT2D eigenvalue weighted by atomic mass is 35.5. The molecular weight excluding hydrogens is 576 g/mol. The van der Waals surface area contributed by atoms with E-state index in [9.17, 15) is 14.3 Å². The highest BCUT2D eigenvalue weighted by Gasteiger charge is 2.33. The Morgan fingerprint density at radius 3 is 2.57 bits per heavy atom. The Morgan fingerprint density at radius 2 is 1.83 bits per heavy atom. The second kappa shape index (κ2) is 17.8. The second-order valence-electron chi connectivity index (χ2n) is 11.9. The molecule has 0 aliphatic heterocycles. The number of nitrogens with zero attached hydrogens (tertiary/aromatic N) is 2. The Balaban J connectivity index is 0.00000308. The minimum atomic E-state index is -0.891. The third-order valence-corrected chi connectivity index (χ3v) is 8.43. The zero-order valence-corrected chi connectivity index (χ0v) is 26.8. The van der Waals surface area contributed by atoms with Crippen molar-refractivity contribution >= 4 is 41.8 Å². The minimum Gasteiger partial charge on any atom is -0.479 e. The molecule has 6 nitrogen and oxygen atoms in total. The van der Waals surface area contributed by atoms with E-state index in [1.807, 2.05) is 24.3 Å². The molecule has 0 amide bonds. The van der Waals surface area contributed by atoms with Crippen LogP contribution < -0.4 is 0 Å². The van der Waals surface area contributed by atoms with Crippen molar-refractivity contribution in [2.75, 3.05) is 26.7 Å². The molecule has 42 heavy (non-hydrogen) atoms. The number of imidazole rings is 1. The maximum absolute atomic E-state index is 13.8. The van der Waals surface area contributed by atoms with E-state index in [2.05, 4.69) is 41.8 Å². The first kappa shape index (κ1) is 36.0. The fourth-order valence-electron chi connectivity index (χ4n) is 6.28. The van der Waals surface area contributed by atoms with Crippen LogP contribution in [0.25, 0.3) is 11.0 Å². The lowest BCUT2D eigenvalue weighted by Gasteiger charge is -2.36. The summed E-state index contributed by atoms with van der Waals surface area (Å²) in [6.45, 7) is 6.44. The first-order valence-electron chi connectivity index (χ1n) is 15.1.